The molecule has 1 atom stereocenters. The van der Waals surface area contributed by atoms with E-state index in [1.807, 2.05) is 13.8 Å². The Labute approximate surface area is 96.7 Å². The highest BCUT2D eigenvalue weighted by atomic mass is 127. The number of alkyl halides is 1. The van der Waals surface area contributed by atoms with Gasteiger partial charge >= 0.3 is 0 Å². The largest absolute Gasteiger partial charge is 0.367 e. The number of nitrogens with zero attached hydrogens (tertiary/aromatic N) is 2. The molecule has 0 aliphatic heterocycles. The summed E-state index contributed by atoms with van der Waals surface area (Å²) >= 11 is 2.06. The summed E-state index contributed by atoms with van der Waals surface area (Å²) in [5.41, 5.74) is 0.448. The molecule has 3 nitrogen and oxygen atoms in total. The van der Waals surface area contributed by atoms with Crippen LogP contribution in [-0.4, -0.2) is 16.0 Å². The van der Waals surface area contributed by atoms with Crippen molar-refractivity contribution in [1.82, 2.24) is 9.97 Å². The van der Waals surface area contributed by atoms with E-state index in [-0.39, 0.29) is 6.04 Å². The molecule has 0 fully saturated rings. The second-order valence-corrected chi connectivity index (χ2v) is 4.42. The zero-order valence-corrected chi connectivity index (χ0v) is 10.5. The van der Waals surface area contributed by atoms with Gasteiger partial charge in [-0.15, -0.1) is 0 Å². The molecule has 0 saturated carbocycles. The molecule has 1 N–H and O–H groups in total. The number of anilines is 1. The normalized spacial score (nSPS) is 13.0. The van der Waals surface area contributed by atoms with Gasteiger partial charge in [0, 0.05) is 6.04 Å². The van der Waals surface area contributed by atoms with E-state index in [2.05, 4.69) is 37.9 Å². The Bertz CT molecular complexity index is 315. The van der Waals surface area contributed by atoms with Gasteiger partial charge in [0.15, 0.2) is 0 Å². The first-order chi connectivity index (χ1) is 6.52. The van der Waals surface area contributed by atoms with Gasteiger partial charge in [0.2, 0.25) is 0 Å². The van der Waals surface area contributed by atoms with Crippen molar-refractivity contribution < 1.29 is 4.39 Å². The maximum absolute atomic E-state index is 13.1. The highest BCUT2D eigenvalue weighted by Gasteiger charge is 2.13. The van der Waals surface area contributed by atoms with Crippen LogP contribution in [0.25, 0.3) is 0 Å². The van der Waals surface area contributed by atoms with Crippen LogP contribution < -0.4 is 5.32 Å². The smallest absolute Gasteiger partial charge is 0.143 e. The number of rotatable bonds is 3. The van der Waals surface area contributed by atoms with Crippen LogP contribution in [-0.2, 0) is 0 Å². The number of aromatic nitrogens is 2. The first kappa shape index (κ1) is 11.6. The van der Waals surface area contributed by atoms with Crippen LogP contribution in [0, 0.1) is 3.57 Å². The summed E-state index contributed by atoms with van der Waals surface area (Å²) in [5, 5.41) is 3.14. The summed E-state index contributed by atoms with van der Waals surface area (Å²) in [6, 6.07) is 0.279. The standard InChI is InChI=1S/C9H13FIN3/c1-5(2)14-9-7(11)8(6(3)10)12-4-13-9/h4-6H,1-3H3,(H,12,13,14). The van der Waals surface area contributed by atoms with Gasteiger partial charge in [0.25, 0.3) is 0 Å². The van der Waals surface area contributed by atoms with Crippen molar-refractivity contribution in [2.45, 2.75) is 33.0 Å². The molecule has 0 spiro atoms. The van der Waals surface area contributed by atoms with Crippen molar-refractivity contribution in [3.63, 3.8) is 0 Å². The molecule has 0 aliphatic carbocycles. The van der Waals surface area contributed by atoms with Crippen molar-refractivity contribution >= 4 is 28.4 Å². The zero-order valence-electron chi connectivity index (χ0n) is 8.38. The monoisotopic (exact) mass is 309 g/mol. The summed E-state index contributed by atoms with van der Waals surface area (Å²) in [7, 11) is 0. The lowest BCUT2D eigenvalue weighted by Gasteiger charge is -2.12. The predicted molar refractivity (Wildman–Crippen MR) is 63.0 cm³/mol. The summed E-state index contributed by atoms with van der Waals surface area (Å²) in [6.07, 6.45) is 0.329. The van der Waals surface area contributed by atoms with Crippen LogP contribution >= 0.6 is 22.6 Å². The lowest BCUT2D eigenvalue weighted by molar-refractivity contribution is 0.363. The highest BCUT2D eigenvalue weighted by molar-refractivity contribution is 14.1. The van der Waals surface area contributed by atoms with Gasteiger partial charge in [-0.25, -0.2) is 14.4 Å². The molecule has 1 aromatic heterocycles. The molecule has 0 aliphatic rings. The molecule has 0 radical (unpaired) electrons. The Morgan fingerprint density at radius 2 is 2.00 bits per heavy atom. The number of hydrogen-bond acceptors (Lipinski definition) is 3. The first-order valence-electron chi connectivity index (χ1n) is 4.43. The lowest BCUT2D eigenvalue weighted by atomic mass is 10.3. The minimum atomic E-state index is -1.06. The molecular formula is C9H13FIN3. The SMILES string of the molecule is CC(C)Nc1ncnc(C(C)F)c1I. The van der Waals surface area contributed by atoms with Crippen LogP contribution in [0.1, 0.15) is 32.6 Å². The van der Waals surface area contributed by atoms with Gasteiger partial charge in [-0.1, -0.05) is 0 Å². The maximum Gasteiger partial charge on any atom is 0.143 e. The molecule has 1 rings (SSSR count). The van der Waals surface area contributed by atoms with E-state index < -0.39 is 6.17 Å². The molecule has 1 unspecified atom stereocenters. The Hall–Kier alpha value is -0.460. The predicted octanol–water partition coefficient (Wildman–Crippen LogP) is 2.93. The third kappa shape index (κ3) is 2.76. The summed E-state index contributed by atoms with van der Waals surface area (Å²) < 4.78 is 13.8. The van der Waals surface area contributed by atoms with Gasteiger partial charge in [0.05, 0.1) is 9.26 Å². The molecule has 0 bridgehead atoms. The van der Waals surface area contributed by atoms with E-state index >= 15 is 0 Å². The van der Waals surface area contributed by atoms with Crippen LogP contribution in [0.2, 0.25) is 0 Å². The van der Waals surface area contributed by atoms with E-state index in [1.165, 1.54) is 13.3 Å². The molecule has 5 heteroatoms. The van der Waals surface area contributed by atoms with E-state index in [0.717, 1.165) is 3.57 Å². The van der Waals surface area contributed by atoms with Crippen LogP contribution in [0.15, 0.2) is 6.33 Å². The fourth-order valence-corrected chi connectivity index (χ4v) is 1.90. The summed E-state index contributed by atoms with van der Waals surface area (Å²) in [4.78, 5) is 7.98. The van der Waals surface area contributed by atoms with Gasteiger partial charge in [-0.05, 0) is 43.4 Å². The van der Waals surface area contributed by atoms with Gasteiger partial charge in [-0.3, -0.25) is 0 Å². The molecule has 78 valence electrons. The molecular weight excluding hydrogens is 296 g/mol. The van der Waals surface area contributed by atoms with E-state index in [1.54, 1.807) is 0 Å². The first-order valence-corrected chi connectivity index (χ1v) is 5.51. The molecule has 1 heterocycles. The van der Waals surface area contributed by atoms with Crippen molar-refractivity contribution in [2.75, 3.05) is 5.32 Å². The average Bonchev–Trinajstić information content (AvgIpc) is 2.07. The fourth-order valence-electron chi connectivity index (χ4n) is 1.03. The minimum Gasteiger partial charge on any atom is -0.367 e. The summed E-state index contributed by atoms with van der Waals surface area (Å²) in [5.74, 6) is 0.704. The Morgan fingerprint density at radius 1 is 1.36 bits per heavy atom. The lowest BCUT2D eigenvalue weighted by Crippen LogP contribution is -2.13. The molecule has 0 aromatic carbocycles. The van der Waals surface area contributed by atoms with Crippen molar-refractivity contribution in [3.8, 4) is 0 Å². The highest BCUT2D eigenvalue weighted by Crippen LogP contribution is 2.25. The second kappa shape index (κ2) is 4.86. The zero-order chi connectivity index (χ0) is 10.7. The van der Waals surface area contributed by atoms with Crippen molar-refractivity contribution in [1.29, 1.82) is 0 Å². The minimum absolute atomic E-state index is 0.279. The molecule has 0 amide bonds. The van der Waals surface area contributed by atoms with Gasteiger partial charge < -0.3 is 5.32 Å². The van der Waals surface area contributed by atoms with Crippen LogP contribution in [0.4, 0.5) is 10.2 Å². The van der Waals surface area contributed by atoms with Crippen molar-refractivity contribution in [2.24, 2.45) is 0 Å². The van der Waals surface area contributed by atoms with E-state index in [9.17, 15) is 4.39 Å². The fraction of sp³-hybridized carbons (Fsp3) is 0.556. The number of halogens is 2. The Balaban J connectivity index is 3.01. The Morgan fingerprint density at radius 3 is 2.50 bits per heavy atom. The van der Waals surface area contributed by atoms with Crippen LogP contribution in [0.3, 0.4) is 0 Å². The maximum atomic E-state index is 13.1. The van der Waals surface area contributed by atoms with Gasteiger partial charge in [-0.2, -0.15) is 0 Å². The third-order valence-electron chi connectivity index (χ3n) is 1.62. The Kier molecular flexibility index (Phi) is 4.03. The quantitative estimate of drug-likeness (QED) is 0.873. The van der Waals surface area contributed by atoms with E-state index in [4.69, 9.17) is 0 Å². The van der Waals surface area contributed by atoms with Crippen LogP contribution in [0.5, 0.6) is 0 Å². The molecule has 0 saturated heterocycles. The number of hydrogen-bond donors (Lipinski definition) is 1. The molecule has 1 aromatic rings. The average molecular weight is 309 g/mol. The molecule has 14 heavy (non-hydrogen) atoms. The summed E-state index contributed by atoms with van der Waals surface area (Å²) in [6.45, 7) is 5.50. The third-order valence-corrected chi connectivity index (χ3v) is 2.68. The number of nitrogens with one attached hydrogen (secondary N) is 1. The topological polar surface area (TPSA) is 37.8 Å². The van der Waals surface area contributed by atoms with E-state index in [0.29, 0.717) is 11.5 Å². The second-order valence-electron chi connectivity index (χ2n) is 3.34. The van der Waals surface area contributed by atoms with Crippen molar-refractivity contribution in [3.05, 3.63) is 15.6 Å². The van der Waals surface area contributed by atoms with Gasteiger partial charge in [0.1, 0.15) is 18.3 Å².